The molecule has 82 valence electrons. The highest BCUT2D eigenvalue weighted by atomic mass is 16.5. The second kappa shape index (κ2) is 5.36. The van der Waals surface area contributed by atoms with Gasteiger partial charge in [-0.15, -0.1) is 4.99 Å². The second-order valence-electron chi connectivity index (χ2n) is 2.79. The van der Waals surface area contributed by atoms with Gasteiger partial charge in [-0.3, -0.25) is 0 Å². The van der Waals surface area contributed by atoms with Crippen molar-refractivity contribution in [3.63, 3.8) is 0 Å². The minimum Gasteiger partial charge on any atom is -0.465 e. The molecule has 1 rings (SSSR count). The molecular formula is C10H10N4O2. The van der Waals surface area contributed by atoms with Crippen molar-refractivity contribution in [2.45, 2.75) is 0 Å². The molecule has 0 atom stereocenters. The molecule has 16 heavy (non-hydrogen) atoms. The maximum Gasteiger partial charge on any atom is 0.337 e. The highest BCUT2D eigenvalue weighted by Crippen LogP contribution is 2.10. The monoisotopic (exact) mass is 218 g/mol. The van der Waals surface area contributed by atoms with Crippen LogP contribution in [0.2, 0.25) is 0 Å². The molecule has 0 saturated carbocycles. The number of nitriles is 1. The molecule has 3 N–H and O–H groups in total. The van der Waals surface area contributed by atoms with Gasteiger partial charge in [-0.25, -0.2) is 4.79 Å². The Morgan fingerprint density at radius 3 is 3.00 bits per heavy atom. The van der Waals surface area contributed by atoms with Gasteiger partial charge in [0.25, 0.3) is 0 Å². The second-order valence-corrected chi connectivity index (χ2v) is 2.79. The summed E-state index contributed by atoms with van der Waals surface area (Å²) in [7, 11) is 1.30. The van der Waals surface area contributed by atoms with Gasteiger partial charge in [-0.2, -0.15) is 5.26 Å². The zero-order chi connectivity index (χ0) is 12.0. The average Bonchev–Trinajstić information content (AvgIpc) is 2.28. The average molecular weight is 218 g/mol. The van der Waals surface area contributed by atoms with Gasteiger partial charge in [-0.1, -0.05) is 6.07 Å². The van der Waals surface area contributed by atoms with Crippen LogP contribution in [0.25, 0.3) is 0 Å². The lowest BCUT2D eigenvalue weighted by atomic mass is 10.2. The van der Waals surface area contributed by atoms with Gasteiger partial charge in [0.15, 0.2) is 0 Å². The number of methoxy groups -OCH3 is 1. The zero-order valence-electron chi connectivity index (χ0n) is 8.60. The Balaban J connectivity index is 2.88. The number of esters is 1. The minimum absolute atomic E-state index is 0.0375. The SMILES string of the molecule is COC(=O)c1cccc(N/C(N)=N/C#N)c1. The summed E-state index contributed by atoms with van der Waals surface area (Å²) in [6, 6.07) is 6.50. The van der Waals surface area contributed by atoms with Crippen LogP contribution in [-0.4, -0.2) is 19.0 Å². The summed E-state index contributed by atoms with van der Waals surface area (Å²) in [5, 5.41) is 10.9. The van der Waals surface area contributed by atoms with E-state index in [0.717, 1.165) is 0 Å². The number of rotatable bonds is 2. The van der Waals surface area contributed by atoms with Gasteiger partial charge >= 0.3 is 5.97 Å². The molecule has 0 fully saturated rings. The molecular weight excluding hydrogens is 208 g/mol. The van der Waals surface area contributed by atoms with Crippen LogP contribution in [0.5, 0.6) is 0 Å². The summed E-state index contributed by atoms with van der Waals surface area (Å²) in [5.74, 6) is -0.482. The third-order valence-electron chi connectivity index (χ3n) is 1.73. The van der Waals surface area contributed by atoms with E-state index in [1.165, 1.54) is 7.11 Å². The number of anilines is 1. The van der Waals surface area contributed by atoms with Crippen molar-refractivity contribution in [1.82, 2.24) is 0 Å². The Labute approximate surface area is 92.3 Å². The number of ether oxygens (including phenoxy) is 1. The fourth-order valence-corrected chi connectivity index (χ4v) is 1.07. The normalized spacial score (nSPS) is 10.4. The van der Waals surface area contributed by atoms with E-state index in [9.17, 15) is 4.79 Å². The number of guanidine groups is 1. The first-order chi connectivity index (χ1) is 7.67. The van der Waals surface area contributed by atoms with E-state index in [0.29, 0.717) is 11.3 Å². The molecule has 0 spiro atoms. The number of hydrogen-bond donors (Lipinski definition) is 2. The maximum absolute atomic E-state index is 11.2. The Bertz CT molecular complexity index is 462. The van der Waals surface area contributed by atoms with Crippen molar-refractivity contribution in [2.24, 2.45) is 10.7 Å². The molecule has 6 nitrogen and oxygen atoms in total. The first-order valence-corrected chi connectivity index (χ1v) is 4.35. The topological polar surface area (TPSA) is 100 Å². The number of aliphatic imine (C=N–C) groups is 1. The van der Waals surface area contributed by atoms with E-state index in [1.54, 1.807) is 30.5 Å². The molecule has 0 aliphatic rings. The van der Waals surface area contributed by atoms with Crippen LogP contribution in [0.4, 0.5) is 5.69 Å². The molecule has 1 aromatic rings. The number of nitrogens with two attached hydrogens (primary N) is 1. The summed E-state index contributed by atoms with van der Waals surface area (Å²) in [5.41, 5.74) is 6.32. The Hall–Kier alpha value is -2.55. The van der Waals surface area contributed by atoms with Crippen LogP contribution in [0, 0.1) is 11.5 Å². The number of nitrogens with one attached hydrogen (secondary N) is 1. The van der Waals surface area contributed by atoms with E-state index in [1.807, 2.05) is 0 Å². The minimum atomic E-state index is -0.445. The summed E-state index contributed by atoms with van der Waals surface area (Å²) in [6.45, 7) is 0. The summed E-state index contributed by atoms with van der Waals surface area (Å²) in [4.78, 5) is 14.5. The van der Waals surface area contributed by atoms with Gasteiger partial charge in [0.05, 0.1) is 12.7 Å². The maximum atomic E-state index is 11.2. The lowest BCUT2D eigenvalue weighted by Gasteiger charge is -2.05. The number of nitrogens with zero attached hydrogens (tertiary/aromatic N) is 2. The predicted molar refractivity (Wildman–Crippen MR) is 58.6 cm³/mol. The van der Waals surface area contributed by atoms with Gasteiger partial charge in [0.1, 0.15) is 0 Å². The van der Waals surface area contributed by atoms with E-state index in [2.05, 4.69) is 15.0 Å². The Morgan fingerprint density at radius 2 is 2.38 bits per heavy atom. The van der Waals surface area contributed by atoms with Crippen molar-refractivity contribution in [3.05, 3.63) is 29.8 Å². The molecule has 0 saturated heterocycles. The standard InChI is InChI=1S/C10H10N4O2/c1-16-9(15)7-3-2-4-8(5-7)14-10(12)13-6-11/h2-5H,1H3,(H3,12,13,14). The van der Waals surface area contributed by atoms with Crippen molar-refractivity contribution < 1.29 is 9.53 Å². The third kappa shape index (κ3) is 2.99. The van der Waals surface area contributed by atoms with Gasteiger partial charge in [-0.05, 0) is 18.2 Å². The lowest BCUT2D eigenvalue weighted by Crippen LogP contribution is -2.22. The molecule has 6 heteroatoms. The summed E-state index contributed by atoms with van der Waals surface area (Å²) >= 11 is 0. The van der Waals surface area contributed by atoms with Crippen LogP contribution in [0.15, 0.2) is 29.3 Å². The van der Waals surface area contributed by atoms with Gasteiger partial charge in [0, 0.05) is 5.69 Å². The highest BCUT2D eigenvalue weighted by Gasteiger charge is 2.05. The van der Waals surface area contributed by atoms with Crippen molar-refractivity contribution in [3.8, 4) is 6.19 Å². The number of hydrogen-bond acceptors (Lipinski definition) is 4. The summed E-state index contributed by atoms with van der Waals surface area (Å²) < 4.78 is 4.56. The zero-order valence-corrected chi connectivity index (χ0v) is 8.60. The van der Waals surface area contributed by atoms with E-state index in [-0.39, 0.29) is 5.96 Å². The molecule has 0 bridgehead atoms. The molecule has 0 radical (unpaired) electrons. The molecule has 0 unspecified atom stereocenters. The molecule has 0 aliphatic heterocycles. The number of benzene rings is 1. The van der Waals surface area contributed by atoms with Crippen molar-refractivity contribution >= 4 is 17.6 Å². The largest absolute Gasteiger partial charge is 0.465 e. The number of carbonyl (C=O) groups is 1. The lowest BCUT2D eigenvalue weighted by molar-refractivity contribution is 0.0601. The van der Waals surface area contributed by atoms with Crippen LogP contribution in [-0.2, 0) is 4.74 Å². The van der Waals surface area contributed by atoms with Crippen molar-refractivity contribution in [1.29, 1.82) is 5.26 Å². The smallest absolute Gasteiger partial charge is 0.337 e. The van der Waals surface area contributed by atoms with Crippen LogP contribution in [0.3, 0.4) is 0 Å². The van der Waals surface area contributed by atoms with Crippen molar-refractivity contribution in [2.75, 3.05) is 12.4 Å². The molecule has 0 heterocycles. The quantitative estimate of drug-likeness (QED) is 0.329. The van der Waals surface area contributed by atoms with Crippen LogP contribution in [0.1, 0.15) is 10.4 Å². The van der Waals surface area contributed by atoms with E-state index < -0.39 is 5.97 Å². The molecule has 0 aromatic heterocycles. The predicted octanol–water partition coefficient (Wildman–Crippen LogP) is 0.681. The first kappa shape index (κ1) is 11.5. The number of carbonyl (C=O) groups excluding carboxylic acids is 1. The van der Waals surface area contributed by atoms with E-state index >= 15 is 0 Å². The Morgan fingerprint density at radius 1 is 1.62 bits per heavy atom. The van der Waals surface area contributed by atoms with E-state index in [4.69, 9.17) is 11.0 Å². The molecule has 0 amide bonds. The first-order valence-electron chi connectivity index (χ1n) is 4.35. The highest BCUT2D eigenvalue weighted by molar-refractivity contribution is 5.95. The van der Waals surface area contributed by atoms with Crippen LogP contribution >= 0.6 is 0 Å². The van der Waals surface area contributed by atoms with Gasteiger partial charge < -0.3 is 15.8 Å². The van der Waals surface area contributed by atoms with Crippen LogP contribution < -0.4 is 11.1 Å². The van der Waals surface area contributed by atoms with Gasteiger partial charge in [0.2, 0.25) is 12.2 Å². The Kier molecular flexibility index (Phi) is 3.86. The third-order valence-corrected chi connectivity index (χ3v) is 1.73. The fourth-order valence-electron chi connectivity index (χ4n) is 1.07. The fraction of sp³-hybridized carbons (Fsp3) is 0.100. The molecule has 0 aliphatic carbocycles. The summed E-state index contributed by atoms with van der Waals surface area (Å²) in [6.07, 6.45) is 1.55. The molecule has 1 aromatic carbocycles.